The third-order valence-electron chi connectivity index (χ3n) is 1.36. The maximum absolute atomic E-state index is 10.9. The first kappa shape index (κ1) is 7.78. The monoisotopic (exact) mass is 151 g/mol. The first-order chi connectivity index (χ1) is 5.25. The molecule has 11 heavy (non-hydrogen) atoms. The number of ketones is 1. The second-order valence-electron chi connectivity index (χ2n) is 2.17. The van der Waals surface area contributed by atoms with Gasteiger partial charge in [-0.2, -0.15) is 5.10 Å². The highest BCUT2D eigenvalue weighted by molar-refractivity contribution is 5.92. The molecule has 0 N–H and O–H groups in total. The molecular formula is C7H9N3O. The van der Waals surface area contributed by atoms with Crippen LogP contribution in [-0.4, -0.2) is 21.0 Å². The summed E-state index contributed by atoms with van der Waals surface area (Å²) in [5, 5.41) is 7.37. The summed E-state index contributed by atoms with van der Waals surface area (Å²) in [4.78, 5) is 14.7. The molecule has 0 unspecified atom stereocenters. The Morgan fingerprint density at radius 3 is 2.82 bits per heavy atom. The summed E-state index contributed by atoms with van der Waals surface area (Å²) < 4.78 is 0. The van der Waals surface area contributed by atoms with Crippen molar-refractivity contribution in [1.82, 2.24) is 15.2 Å². The molecule has 0 radical (unpaired) electrons. The molecule has 0 bridgehead atoms. The number of carbonyl (C=O) groups excluding carboxylic acids is 1. The summed E-state index contributed by atoms with van der Waals surface area (Å²) in [7, 11) is 0. The minimum Gasteiger partial charge on any atom is -0.293 e. The van der Waals surface area contributed by atoms with Gasteiger partial charge < -0.3 is 0 Å². The van der Waals surface area contributed by atoms with Crippen molar-refractivity contribution in [2.45, 2.75) is 20.3 Å². The van der Waals surface area contributed by atoms with Gasteiger partial charge in [0.05, 0.1) is 5.69 Å². The largest absolute Gasteiger partial charge is 0.293 e. The van der Waals surface area contributed by atoms with E-state index in [1.54, 1.807) is 0 Å². The molecule has 0 aliphatic carbocycles. The number of rotatable bonds is 2. The van der Waals surface area contributed by atoms with Crippen LogP contribution in [0.4, 0.5) is 0 Å². The molecule has 4 nitrogen and oxygen atoms in total. The molecule has 0 fully saturated rings. The molecule has 0 amide bonds. The van der Waals surface area contributed by atoms with E-state index >= 15 is 0 Å². The Bertz CT molecular complexity index is 272. The lowest BCUT2D eigenvalue weighted by Crippen LogP contribution is -2.05. The van der Waals surface area contributed by atoms with E-state index in [1.807, 2.05) is 6.92 Å². The molecule has 0 atom stereocenters. The van der Waals surface area contributed by atoms with Crippen LogP contribution in [0.3, 0.4) is 0 Å². The topological polar surface area (TPSA) is 55.7 Å². The average Bonchev–Trinajstić information content (AvgIpc) is 2.04. The van der Waals surface area contributed by atoms with E-state index in [-0.39, 0.29) is 5.78 Å². The van der Waals surface area contributed by atoms with E-state index in [2.05, 4.69) is 15.2 Å². The van der Waals surface area contributed by atoms with Crippen LogP contribution in [0.2, 0.25) is 0 Å². The van der Waals surface area contributed by atoms with Gasteiger partial charge in [0.1, 0.15) is 12.0 Å². The summed E-state index contributed by atoms with van der Waals surface area (Å²) in [6, 6.07) is 0. The SMILES string of the molecule is CCc1nncnc1C(C)=O. The first-order valence-electron chi connectivity index (χ1n) is 3.43. The second kappa shape index (κ2) is 3.18. The van der Waals surface area contributed by atoms with Crippen molar-refractivity contribution in [2.24, 2.45) is 0 Å². The van der Waals surface area contributed by atoms with Crippen molar-refractivity contribution in [3.63, 3.8) is 0 Å². The van der Waals surface area contributed by atoms with Gasteiger partial charge in [-0.3, -0.25) is 4.79 Å². The number of aryl methyl sites for hydroxylation is 1. The Hall–Kier alpha value is -1.32. The lowest BCUT2D eigenvalue weighted by Gasteiger charge is -1.97. The molecule has 0 aliphatic rings. The van der Waals surface area contributed by atoms with Crippen molar-refractivity contribution in [1.29, 1.82) is 0 Å². The first-order valence-corrected chi connectivity index (χ1v) is 3.43. The van der Waals surface area contributed by atoms with E-state index in [1.165, 1.54) is 13.3 Å². The standard InChI is InChI=1S/C7H9N3O/c1-3-6-7(5(2)11)8-4-9-10-6/h4H,3H2,1-2H3. The molecule has 58 valence electrons. The molecule has 1 aromatic heterocycles. The van der Waals surface area contributed by atoms with Crippen LogP contribution in [0.5, 0.6) is 0 Å². The van der Waals surface area contributed by atoms with E-state index in [0.717, 1.165) is 0 Å². The molecule has 4 heteroatoms. The number of hydrogen-bond acceptors (Lipinski definition) is 4. The van der Waals surface area contributed by atoms with Gasteiger partial charge in [0, 0.05) is 6.92 Å². The number of hydrogen-bond donors (Lipinski definition) is 0. The van der Waals surface area contributed by atoms with Gasteiger partial charge in [-0.15, -0.1) is 5.10 Å². The Morgan fingerprint density at radius 1 is 1.64 bits per heavy atom. The predicted octanol–water partition coefficient (Wildman–Crippen LogP) is 0.637. The Balaban J connectivity index is 3.12. The molecule has 1 aromatic rings. The minimum atomic E-state index is -0.0586. The highest BCUT2D eigenvalue weighted by Crippen LogP contribution is 2.00. The third kappa shape index (κ3) is 1.58. The van der Waals surface area contributed by atoms with Crippen LogP contribution in [0, 0.1) is 0 Å². The van der Waals surface area contributed by atoms with E-state index in [9.17, 15) is 4.79 Å². The van der Waals surface area contributed by atoms with Gasteiger partial charge in [-0.25, -0.2) is 4.98 Å². The molecule has 1 heterocycles. The van der Waals surface area contributed by atoms with Gasteiger partial charge >= 0.3 is 0 Å². The molecule has 0 saturated carbocycles. The molecule has 1 rings (SSSR count). The van der Waals surface area contributed by atoms with E-state index < -0.39 is 0 Å². The van der Waals surface area contributed by atoms with Crippen molar-refractivity contribution in [3.8, 4) is 0 Å². The third-order valence-corrected chi connectivity index (χ3v) is 1.36. The fraction of sp³-hybridized carbons (Fsp3) is 0.429. The van der Waals surface area contributed by atoms with Crippen LogP contribution < -0.4 is 0 Å². The quantitative estimate of drug-likeness (QED) is 0.582. The predicted molar refractivity (Wildman–Crippen MR) is 39.2 cm³/mol. The molecule has 0 saturated heterocycles. The fourth-order valence-electron chi connectivity index (χ4n) is 0.833. The summed E-state index contributed by atoms with van der Waals surface area (Å²) in [6.07, 6.45) is 1.98. The minimum absolute atomic E-state index is 0.0586. The number of carbonyl (C=O) groups is 1. The van der Waals surface area contributed by atoms with Crippen molar-refractivity contribution >= 4 is 5.78 Å². The lowest BCUT2D eigenvalue weighted by atomic mass is 10.2. The zero-order chi connectivity index (χ0) is 8.27. The van der Waals surface area contributed by atoms with Gasteiger partial charge in [-0.1, -0.05) is 6.92 Å². The van der Waals surface area contributed by atoms with Crippen LogP contribution in [0.25, 0.3) is 0 Å². The highest BCUT2D eigenvalue weighted by Gasteiger charge is 2.07. The smallest absolute Gasteiger partial charge is 0.180 e. The molecular weight excluding hydrogens is 142 g/mol. The second-order valence-corrected chi connectivity index (χ2v) is 2.17. The summed E-state index contributed by atoms with van der Waals surface area (Å²) in [5.41, 5.74) is 1.10. The van der Waals surface area contributed by atoms with E-state index in [0.29, 0.717) is 17.8 Å². The maximum Gasteiger partial charge on any atom is 0.180 e. The van der Waals surface area contributed by atoms with Crippen molar-refractivity contribution in [3.05, 3.63) is 17.7 Å². The average molecular weight is 151 g/mol. The van der Waals surface area contributed by atoms with Crippen molar-refractivity contribution in [2.75, 3.05) is 0 Å². The zero-order valence-electron chi connectivity index (χ0n) is 6.53. The Kier molecular flexibility index (Phi) is 2.25. The van der Waals surface area contributed by atoms with Crippen LogP contribution in [0.1, 0.15) is 30.0 Å². The summed E-state index contributed by atoms with van der Waals surface area (Å²) in [6.45, 7) is 3.39. The van der Waals surface area contributed by atoms with Gasteiger partial charge in [0.15, 0.2) is 5.78 Å². The van der Waals surface area contributed by atoms with Gasteiger partial charge in [0.2, 0.25) is 0 Å². The number of nitrogens with zero attached hydrogens (tertiary/aromatic N) is 3. The zero-order valence-corrected chi connectivity index (χ0v) is 6.53. The molecule has 0 spiro atoms. The molecule has 0 aromatic carbocycles. The Labute approximate surface area is 64.7 Å². The van der Waals surface area contributed by atoms with Crippen molar-refractivity contribution < 1.29 is 4.79 Å². The summed E-state index contributed by atoms with van der Waals surface area (Å²) >= 11 is 0. The van der Waals surface area contributed by atoms with Gasteiger partial charge in [0.25, 0.3) is 0 Å². The Morgan fingerprint density at radius 2 is 2.36 bits per heavy atom. The van der Waals surface area contributed by atoms with Gasteiger partial charge in [-0.05, 0) is 6.42 Å². The molecule has 0 aliphatic heterocycles. The number of aromatic nitrogens is 3. The van der Waals surface area contributed by atoms with Crippen LogP contribution >= 0.6 is 0 Å². The number of Topliss-reactive ketones (excluding diaryl/α,β-unsaturated/α-hetero) is 1. The van der Waals surface area contributed by atoms with Crippen LogP contribution in [-0.2, 0) is 6.42 Å². The maximum atomic E-state index is 10.9. The van der Waals surface area contributed by atoms with Crippen LogP contribution in [0.15, 0.2) is 6.33 Å². The normalized spacial score (nSPS) is 9.64. The fourth-order valence-corrected chi connectivity index (χ4v) is 0.833. The highest BCUT2D eigenvalue weighted by atomic mass is 16.1. The summed E-state index contributed by atoms with van der Waals surface area (Å²) in [5.74, 6) is -0.0586. The van der Waals surface area contributed by atoms with E-state index in [4.69, 9.17) is 0 Å². The lowest BCUT2D eigenvalue weighted by molar-refractivity contribution is 0.101.